The van der Waals surface area contributed by atoms with Crippen molar-refractivity contribution in [1.82, 2.24) is 4.90 Å². The molecular weight excluding hydrogens is 360 g/mol. The third-order valence-corrected chi connectivity index (χ3v) is 6.27. The van der Waals surface area contributed by atoms with Crippen LogP contribution in [0.3, 0.4) is 0 Å². The van der Waals surface area contributed by atoms with E-state index in [4.69, 9.17) is 16.3 Å². The maximum atomic E-state index is 13.5. The number of benzene rings is 1. The van der Waals surface area contributed by atoms with E-state index >= 15 is 0 Å². The number of hydrogen-bond donors (Lipinski definition) is 1. The zero-order valence-electron chi connectivity index (χ0n) is 16.1. The summed E-state index contributed by atoms with van der Waals surface area (Å²) in [6, 6.07) is 7.81. The highest BCUT2D eigenvalue weighted by atomic mass is 35.5. The molecule has 1 saturated heterocycles. The number of allylic oxidation sites excluding steroid dienone is 3. The van der Waals surface area contributed by atoms with Crippen LogP contribution in [-0.2, 0) is 16.0 Å². The third kappa shape index (κ3) is 4.07. The van der Waals surface area contributed by atoms with Gasteiger partial charge in [0.05, 0.1) is 12.3 Å². The van der Waals surface area contributed by atoms with E-state index in [0.29, 0.717) is 23.8 Å². The summed E-state index contributed by atoms with van der Waals surface area (Å²) >= 11 is 6.15. The second kappa shape index (κ2) is 7.33. The molecule has 27 heavy (non-hydrogen) atoms. The van der Waals surface area contributed by atoms with Crippen molar-refractivity contribution in [1.29, 1.82) is 0 Å². The molecule has 4 rings (SSSR count). The molecule has 3 aliphatic rings. The minimum atomic E-state index is -0.135. The van der Waals surface area contributed by atoms with Crippen molar-refractivity contribution >= 4 is 17.4 Å². The van der Waals surface area contributed by atoms with Crippen molar-refractivity contribution in [2.75, 3.05) is 19.9 Å². The molecule has 4 nitrogen and oxygen atoms in total. The van der Waals surface area contributed by atoms with Crippen LogP contribution >= 0.6 is 11.6 Å². The van der Waals surface area contributed by atoms with E-state index < -0.39 is 0 Å². The van der Waals surface area contributed by atoms with Crippen molar-refractivity contribution in [3.8, 4) is 0 Å². The number of halogens is 1. The summed E-state index contributed by atoms with van der Waals surface area (Å²) < 4.78 is 6.21. The van der Waals surface area contributed by atoms with Gasteiger partial charge >= 0.3 is 0 Å². The minimum Gasteiger partial charge on any atom is -0.487 e. The Kier molecular flexibility index (Phi) is 5.04. The van der Waals surface area contributed by atoms with Gasteiger partial charge in [0.2, 0.25) is 5.78 Å². The second-order valence-electron chi connectivity index (χ2n) is 8.53. The van der Waals surface area contributed by atoms with Gasteiger partial charge in [-0.2, -0.15) is 0 Å². The van der Waals surface area contributed by atoms with Gasteiger partial charge in [0, 0.05) is 16.4 Å². The molecular formula is C22H28ClN2O2+. The zero-order chi connectivity index (χ0) is 19.0. The molecule has 0 aromatic heterocycles. The molecule has 2 atom stereocenters. The highest BCUT2D eigenvalue weighted by Crippen LogP contribution is 2.45. The summed E-state index contributed by atoms with van der Waals surface area (Å²) in [7, 11) is 0. The molecule has 2 fully saturated rings. The molecule has 1 heterocycles. The molecule has 5 heteroatoms. The van der Waals surface area contributed by atoms with Gasteiger partial charge in [-0.1, -0.05) is 43.7 Å². The number of carbonyl (C=O) groups is 1. The lowest BCUT2D eigenvalue weighted by molar-refractivity contribution is -0.754. The fraction of sp³-hybridized carbons (Fsp3) is 0.500. The topological polar surface area (TPSA) is 46.2 Å². The average Bonchev–Trinajstić information content (AvgIpc) is 3.33. The Morgan fingerprint density at radius 2 is 2.11 bits per heavy atom. The summed E-state index contributed by atoms with van der Waals surface area (Å²) in [5.41, 5.74) is 2.28. The SMILES string of the molecule is CC1C=CC(N2C[NH2+]C2)=C(OCC2(C)CC2)C(=O)C1Cc1cccc(Cl)c1. The van der Waals surface area contributed by atoms with Gasteiger partial charge in [0.15, 0.2) is 19.1 Å². The average molecular weight is 388 g/mol. The number of ether oxygens (including phenoxy) is 1. The van der Waals surface area contributed by atoms with Gasteiger partial charge in [-0.3, -0.25) is 9.69 Å². The van der Waals surface area contributed by atoms with E-state index in [9.17, 15) is 4.79 Å². The lowest BCUT2D eigenvalue weighted by Crippen LogP contribution is -2.99. The molecule has 2 N–H and O–H groups in total. The first kappa shape index (κ1) is 18.6. The number of quaternary nitrogens is 1. The molecule has 2 unspecified atom stereocenters. The molecule has 0 radical (unpaired) electrons. The van der Waals surface area contributed by atoms with Crippen molar-refractivity contribution in [3.63, 3.8) is 0 Å². The fourth-order valence-electron chi connectivity index (χ4n) is 3.64. The quantitative estimate of drug-likeness (QED) is 0.815. The molecule has 0 amide bonds. The van der Waals surface area contributed by atoms with Gasteiger partial charge in [-0.15, -0.1) is 0 Å². The highest BCUT2D eigenvalue weighted by molar-refractivity contribution is 6.30. The largest absolute Gasteiger partial charge is 0.487 e. The van der Waals surface area contributed by atoms with Crippen LogP contribution in [0.1, 0.15) is 32.3 Å². The normalized spacial score (nSPS) is 26.6. The van der Waals surface area contributed by atoms with Gasteiger partial charge in [-0.05, 0) is 49.0 Å². The molecule has 1 aromatic rings. The number of nitrogens with two attached hydrogens (primary N) is 1. The molecule has 0 bridgehead atoms. The second-order valence-corrected chi connectivity index (χ2v) is 8.97. The Morgan fingerprint density at radius 3 is 2.74 bits per heavy atom. The number of Topliss-reactive ketones (excluding diaryl/α,β-unsaturated/α-hetero) is 1. The first-order valence-corrected chi connectivity index (χ1v) is 10.2. The smallest absolute Gasteiger partial charge is 0.203 e. The van der Waals surface area contributed by atoms with Crippen LogP contribution in [-0.4, -0.2) is 30.6 Å². The summed E-state index contributed by atoms with van der Waals surface area (Å²) in [5.74, 6) is 0.696. The molecule has 2 aliphatic carbocycles. The van der Waals surface area contributed by atoms with Crippen LogP contribution in [0.2, 0.25) is 5.02 Å². The number of rotatable bonds is 6. The van der Waals surface area contributed by atoms with Crippen LogP contribution in [0, 0.1) is 17.3 Å². The third-order valence-electron chi connectivity index (χ3n) is 6.04. The monoisotopic (exact) mass is 387 g/mol. The Balaban J connectivity index is 1.61. The minimum absolute atomic E-state index is 0.124. The van der Waals surface area contributed by atoms with E-state index in [2.05, 4.69) is 36.2 Å². The predicted octanol–water partition coefficient (Wildman–Crippen LogP) is 3.10. The molecule has 1 saturated carbocycles. The first-order chi connectivity index (χ1) is 13.0. The van der Waals surface area contributed by atoms with Crippen molar-refractivity contribution in [2.24, 2.45) is 17.3 Å². The number of ketones is 1. The van der Waals surface area contributed by atoms with Crippen LogP contribution < -0.4 is 5.32 Å². The van der Waals surface area contributed by atoms with E-state index in [1.54, 1.807) is 0 Å². The van der Waals surface area contributed by atoms with Crippen LogP contribution in [0.25, 0.3) is 0 Å². The number of carbonyl (C=O) groups excluding carboxylic acids is 1. The van der Waals surface area contributed by atoms with E-state index in [1.165, 1.54) is 12.8 Å². The Bertz CT molecular complexity index is 793. The highest BCUT2D eigenvalue weighted by Gasteiger charge is 2.41. The lowest BCUT2D eigenvalue weighted by Gasteiger charge is -2.32. The lowest BCUT2D eigenvalue weighted by atomic mass is 9.84. The van der Waals surface area contributed by atoms with Crippen LogP contribution in [0.5, 0.6) is 0 Å². The first-order valence-electron chi connectivity index (χ1n) is 9.86. The van der Waals surface area contributed by atoms with E-state index in [0.717, 1.165) is 24.6 Å². The molecule has 144 valence electrons. The predicted molar refractivity (Wildman–Crippen MR) is 106 cm³/mol. The van der Waals surface area contributed by atoms with Crippen LogP contribution in [0.4, 0.5) is 0 Å². The van der Waals surface area contributed by atoms with Crippen molar-refractivity contribution in [2.45, 2.75) is 33.1 Å². The van der Waals surface area contributed by atoms with Crippen LogP contribution in [0.15, 0.2) is 47.9 Å². The molecule has 0 spiro atoms. The van der Waals surface area contributed by atoms with E-state index in [1.807, 2.05) is 24.3 Å². The molecule has 1 aromatic carbocycles. The Labute approximate surface area is 166 Å². The van der Waals surface area contributed by atoms with Gasteiger partial charge < -0.3 is 10.1 Å². The summed E-state index contributed by atoms with van der Waals surface area (Å²) in [5, 5.41) is 2.92. The van der Waals surface area contributed by atoms with Gasteiger partial charge in [0.25, 0.3) is 0 Å². The van der Waals surface area contributed by atoms with Crippen molar-refractivity contribution < 1.29 is 14.8 Å². The number of nitrogens with zero attached hydrogens (tertiary/aromatic N) is 1. The maximum Gasteiger partial charge on any atom is 0.203 e. The fourth-order valence-corrected chi connectivity index (χ4v) is 3.85. The zero-order valence-corrected chi connectivity index (χ0v) is 16.8. The van der Waals surface area contributed by atoms with Gasteiger partial charge in [-0.25, -0.2) is 0 Å². The maximum absolute atomic E-state index is 13.5. The van der Waals surface area contributed by atoms with E-state index in [-0.39, 0.29) is 23.0 Å². The number of hydrogen-bond acceptors (Lipinski definition) is 3. The van der Waals surface area contributed by atoms with Gasteiger partial charge in [0.1, 0.15) is 0 Å². The molecule has 1 aliphatic heterocycles. The Morgan fingerprint density at radius 1 is 1.33 bits per heavy atom. The summed E-state index contributed by atoms with van der Waals surface area (Å²) in [6.07, 6.45) is 7.29. The standard InChI is InChI=1S/C22H27ClN2O2/c1-15-6-7-19(25-13-24-14-25)21(27-12-22(2)8-9-22)20(26)18(15)11-16-4-3-5-17(23)10-16/h3-7,10,15,18,24H,8-9,11-14H2,1-2H3/p+1. The Hall–Kier alpha value is -1.78. The van der Waals surface area contributed by atoms with Crippen molar-refractivity contribution in [3.05, 3.63) is 58.5 Å². The summed E-state index contributed by atoms with van der Waals surface area (Å²) in [6.45, 7) is 6.73. The summed E-state index contributed by atoms with van der Waals surface area (Å²) in [4.78, 5) is 15.8.